The van der Waals surface area contributed by atoms with E-state index in [-0.39, 0.29) is 5.82 Å². The van der Waals surface area contributed by atoms with E-state index in [2.05, 4.69) is 10.5 Å². The van der Waals surface area contributed by atoms with Crippen molar-refractivity contribution in [2.75, 3.05) is 5.32 Å². The summed E-state index contributed by atoms with van der Waals surface area (Å²) in [5.41, 5.74) is 2.37. The molecule has 2 heterocycles. The standard InChI is InChI=1S/C21H20N2O4S/c1-13-6-4-7-16(10-13)12-17(18-8-5-9-28-18)21(25)26-15(3)20(24)22-19-11-14(2)27-23-19/h4-12,15H,1-3H3,(H,22,23,24)/b17-12+/t15-/m0/s1. The molecule has 0 fully saturated rings. The molecule has 28 heavy (non-hydrogen) atoms. The summed E-state index contributed by atoms with van der Waals surface area (Å²) in [6.07, 6.45) is 0.776. The normalized spacial score (nSPS) is 12.5. The van der Waals surface area contributed by atoms with Crippen molar-refractivity contribution in [3.05, 3.63) is 69.6 Å². The first-order chi connectivity index (χ1) is 13.4. The predicted molar refractivity (Wildman–Crippen MR) is 109 cm³/mol. The molecule has 0 unspecified atom stereocenters. The Hall–Kier alpha value is -3.19. The highest BCUT2D eigenvalue weighted by atomic mass is 32.1. The number of ether oxygens (including phenoxy) is 1. The van der Waals surface area contributed by atoms with Crippen molar-refractivity contribution in [3.63, 3.8) is 0 Å². The third kappa shape index (κ3) is 4.95. The van der Waals surface area contributed by atoms with Gasteiger partial charge in [0.25, 0.3) is 5.91 Å². The number of nitrogens with zero attached hydrogens (tertiary/aromatic N) is 1. The smallest absolute Gasteiger partial charge is 0.340 e. The van der Waals surface area contributed by atoms with E-state index in [0.717, 1.165) is 16.0 Å². The Labute approximate surface area is 166 Å². The van der Waals surface area contributed by atoms with E-state index >= 15 is 0 Å². The first kappa shape index (κ1) is 19.6. The summed E-state index contributed by atoms with van der Waals surface area (Å²) in [6.45, 7) is 5.22. The number of thiophene rings is 1. The van der Waals surface area contributed by atoms with Crippen molar-refractivity contribution in [3.8, 4) is 0 Å². The molecule has 0 saturated heterocycles. The van der Waals surface area contributed by atoms with Crippen LogP contribution in [-0.4, -0.2) is 23.1 Å². The average Bonchev–Trinajstić information content (AvgIpc) is 3.31. The monoisotopic (exact) mass is 396 g/mol. The van der Waals surface area contributed by atoms with Gasteiger partial charge in [0.05, 0.1) is 5.57 Å². The van der Waals surface area contributed by atoms with E-state index in [1.54, 1.807) is 19.1 Å². The zero-order valence-electron chi connectivity index (χ0n) is 15.8. The fourth-order valence-electron chi connectivity index (χ4n) is 2.52. The van der Waals surface area contributed by atoms with E-state index in [9.17, 15) is 9.59 Å². The van der Waals surface area contributed by atoms with Crippen LogP contribution in [0, 0.1) is 13.8 Å². The molecule has 0 spiro atoms. The molecule has 0 aliphatic carbocycles. The molecule has 6 nitrogen and oxygen atoms in total. The molecular weight excluding hydrogens is 376 g/mol. The van der Waals surface area contributed by atoms with Gasteiger partial charge in [0.1, 0.15) is 5.76 Å². The van der Waals surface area contributed by atoms with Gasteiger partial charge in [0.2, 0.25) is 0 Å². The molecule has 1 aromatic carbocycles. The number of aryl methyl sites for hydroxylation is 2. The zero-order valence-corrected chi connectivity index (χ0v) is 16.6. The number of carbonyl (C=O) groups excluding carboxylic acids is 2. The van der Waals surface area contributed by atoms with E-state index in [4.69, 9.17) is 9.26 Å². The lowest BCUT2D eigenvalue weighted by Gasteiger charge is -2.13. The lowest BCUT2D eigenvalue weighted by atomic mass is 10.1. The van der Waals surface area contributed by atoms with Crippen molar-refractivity contribution in [1.82, 2.24) is 5.16 Å². The van der Waals surface area contributed by atoms with Crippen LogP contribution in [0.2, 0.25) is 0 Å². The summed E-state index contributed by atoms with van der Waals surface area (Å²) in [5.74, 6) is -0.203. The molecule has 1 amide bonds. The molecule has 0 aliphatic heterocycles. The van der Waals surface area contributed by atoms with Crippen LogP contribution >= 0.6 is 11.3 Å². The van der Waals surface area contributed by atoms with Crippen LogP contribution in [0.15, 0.2) is 52.4 Å². The van der Waals surface area contributed by atoms with Crippen LogP contribution in [0.3, 0.4) is 0 Å². The number of nitrogens with one attached hydrogen (secondary N) is 1. The van der Waals surface area contributed by atoms with Gasteiger partial charge in [-0.25, -0.2) is 4.79 Å². The Kier molecular flexibility index (Phi) is 6.06. The van der Waals surface area contributed by atoms with Gasteiger partial charge in [-0.3, -0.25) is 4.79 Å². The highest BCUT2D eigenvalue weighted by molar-refractivity contribution is 7.11. The lowest BCUT2D eigenvalue weighted by molar-refractivity contribution is -0.147. The largest absolute Gasteiger partial charge is 0.449 e. The number of hydrogen-bond donors (Lipinski definition) is 1. The lowest BCUT2D eigenvalue weighted by Crippen LogP contribution is -2.30. The third-order valence-electron chi connectivity index (χ3n) is 3.89. The van der Waals surface area contributed by atoms with E-state index in [1.807, 2.05) is 48.7 Å². The Balaban J connectivity index is 1.77. The predicted octanol–water partition coefficient (Wildman–Crippen LogP) is 4.46. The molecule has 0 radical (unpaired) electrons. The van der Waals surface area contributed by atoms with Crippen LogP contribution in [0.5, 0.6) is 0 Å². The van der Waals surface area contributed by atoms with Gasteiger partial charge in [0, 0.05) is 10.9 Å². The summed E-state index contributed by atoms with van der Waals surface area (Å²) < 4.78 is 10.3. The van der Waals surface area contributed by atoms with Gasteiger partial charge < -0.3 is 14.6 Å². The summed E-state index contributed by atoms with van der Waals surface area (Å²) in [7, 11) is 0. The van der Waals surface area contributed by atoms with Crippen molar-refractivity contribution in [1.29, 1.82) is 0 Å². The molecule has 144 valence electrons. The summed E-state index contributed by atoms with van der Waals surface area (Å²) in [4.78, 5) is 25.9. The maximum Gasteiger partial charge on any atom is 0.340 e. The van der Waals surface area contributed by atoms with E-state index in [0.29, 0.717) is 11.3 Å². The number of esters is 1. The third-order valence-corrected chi connectivity index (χ3v) is 4.80. The molecule has 0 saturated carbocycles. The van der Waals surface area contributed by atoms with Crippen molar-refractivity contribution in [2.45, 2.75) is 26.9 Å². The van der Waals surface area contributed by atoms with Crippen LogP contribution < -0.4 is 5.32 Å². The number of anilines is 1. The van der Waals surface area contributed by atoms with E-state index < -0.39 is 18.0 Å². The number of benzene rings is 1. The molecule has 0 aliphatic rings. The molecule has 2 aromatic heterocycles. The molecule has 1 N–H and O–H groups in total. The van der Waals surface area contributed by atoms with Crippen molar-refractivity contribution < 1.29 is 18.8 Å². The topological polar surface area (TPSA) is 81.4 Å². The highest BCUT2D eigenvalue weighted by Gasteiger charge is 2.23. The number of rotatable bonds is 6. The van der Waals surface area contributed by atoms with E-state index in [1.165, 1.54) is 18.3 Å². The van der Waals surface area contributed by atoms with Crippen molar-refractivity contribution in [2.24, 2.45) is 0 Å². The number of amides is 1. The Morgan fingerprint density at radius 2 is 2.04 bits per heavy atom. The van der Waals surface area contributed by atoms with Gasteiger partial charge in [-0.05, 0) is 43.9 Å². The number of carbonyl (C=O) groups is 2. The number of hydrogen-bond acceptors (Lipinski definition) is 6. The Morgan fingerprint density at radius 3 is 2.68 bits per heavy atom. The second-order valence-electron chi connectivity index (χ2n) is 6.31. The molecule has 3 rings (SSSR count). The molecule has 3 aromatic rings. The van der Waals surface area contributed by atoms with Gasteiger partial charge in [-0.1, -0.05) is 41.1 Å². The maximum absolute atomic E-state index is 12.8. The minimum absolute atomic E-state index is 0.277. The molecule has 0 bridgehead atoms. The first-order valence-electron chi connectivity index (χ1n) is 8.70. The first-order valence-corrected chi connectivity index (χ1v) is 9.58. The SMILES string of the molecule is Cc1cccc(/C=C(/C(=O)O[C@@H](C)C(=O)Nc2cc(C)on2)c2cccs2)c1. The fourth-order valence-corrected chi connectivity index (χ4v) is 3.25. The molecule has 7 heteroatoms. The second kappa shape index (κ2) is 8.67. The highest BCUT2D eigenvalue weighted by Crippen LogP contribution is 2.25. The van der Waals surface area contributed by atoms with Gasteiger partial charge in [-0.15, -0.1) is 11.3 Å². The summed E-state index contributed by atoms with van der Waals surface area (Å²) in [6, 6.07) is 13.1. The van der Waals surface area contributed by atoms with Gasteiger partial charge in [0.15, 0.2) is 11.9 Å². The van der Waals surface area contributed by atoms with Crippen molar-refractivity contribution >= 4 is 40.7 Å². The number of aromatic nitrogens is 1. The minimum atomic E-state index is -0.995. The zero-order chi connectivity index (χ0) is 20.1. The van der Waals surface area contributed by atoms with Gasteiger partial charge >= 0.3 is 5.97 Å². The van der Waals surface area contributed by atoms with Gasteiger partial charge in [-0.2, -0.15) is 0 Å². The molecular formula is C21H20N2O4S. The Bertz CT molecular complexity index is 1010. The fraction of sp³-hybridized carbons (Fsp3) is 0.190. The van der Waals surface area contributed by atoms with Crippen LogP contribution in [0.25, 0.3) is 11.6 Å². The maximum atomic E-state index is 12.8. The Morgan fingerprint density at radius 1 is 1.21 bits per heavy atom. The van der Waals surface area contributed by atoms with Crippen LogP contribution in [-0.2, 0) is 14.3 Å². The second-order valence-corrected chi connectivity index (χ2v) is 7.26. The summed E-state index contributed by atoms with van der Waals surface area (Å²) >= 11 is 1.43. The average molecular weight is 396 g/mol. The summed E-state index contributed by atoms with van der Waals surface area (Å²) in [5, 5.41) is 8.15. The minimum Gasteiger partial charge on any atom is -0.449 e. The quantitative estimate of drug-likeness (QED) is 0.491. The molecule has 1 atom stereocenters. The van der Waals surface area contributed by atoms with Crippen LogP contribution in [0.1, 0.15) is 28.7 Å². The van der Waals surface area contributed by atoms with Crippen LogP contribution in [0.4, 0.5) is 5.82 Å².